The zero-order valence-electron chi connectivity index (χ0n) is 14.7. The highest BCUT2D eigenvalue weighted by molar-refractivity contribution is 7.15. The number of aromatic nitrogens is 4. The normalized spacial score (nSPS) is 15.5. The van der Waals surface area contributed by atoms with Crippen LogP contribution < -0.4 is 0 Å². The topological polar surface area (TPSA) is 91.2 Å². The van der Waals surface area contributed by atoms with Gasteiger partial charge < -0.3 is 9.42 Å². The Bertz CT molecular complexity index is 906. The number of H-pyrrole nitrogens is 1. The van der Waals surface area contributed by atoms with Gasteiger partial charge in [-0.15, -0.1) is 11.3 Å². The summed E-state index contributed by atoms with van der Waals surface area (Å²) in [6, 6.07) is 5.94. The molecular weight excluding hydrogens is 352 g/mol. The van der Waals surface area contributed by atoms with Gasteiger partial charge in [0.25, 0.3) is 5.91 Å². The van der Waals surface area contributed by atoms with Crippen molar-refractivity contribution in [3.8, 4) is 10.6 Å². The number of nitrogens with zero attached hydrogens (tertiary/aromatic N) is 5. The van der Waals surface area contributed by atoms with Gasteiger partial charge in [-0.2, -0.15) is 10.1 Å². The molecule has 9 heteroatoms. The summed E-state index contributed by atoms with van der Waals surface area (Å²) >= 11 is 1.68. The highest BCUT2D eigenvalue weighted by atomic mass is 32.1. The Morgan fingerprint density at radius 3 is 2.73 bits per heavy atom. The molecule has 0 aliphatic carbocycles. The van der Waals surface area contributed by atoms with Gasteiger partial charge in [0, 0.05) is 38.0 Å². The lowest BCUT2D eigenvalue weighted by molar-refractivity contribution is 0.0618. The molecule has 26 heavy (non-hydrogen) atoms. The van der Waals surface area contributed by atoms with E-state index in [-0.39, 0.29) is 5.91 Å². The molecule has 136 valence electrons. The average Bonchev–Trinajstić information content (AvgIpc) is 3.36. The Labute approximate surface area is 154 Å². The van der Waals surface area contributed by atoms with E-state index >= 15 is 0 Å². The van der Waals surface area contributed by atoms with E-state index in [0.29, 0.717) is 37.0 Å². The fourth-order valence-corrected chi connectivity index (χ4v) is 3.85. The standard InChI is InChI=1S/C17H20N6O2S/c1-11-3-4-15(26-11)13-9-14(20-19-13)17(24)23-7-5-22(6-8-23)10-16-18-12(2)25-21-16/h3-4,9H,5-8,10H2,1-2H3,(H,19,20). The van der Waals surface area contributed by atoms with E-state index in [1.165, 1.54) is 4.88 Å². The number of rotatable bonds is 4. The van der Waals surface area contributed by atoms with Crippen LogP contribution in [-0.2, 0) is 6.54 Å². The fraction of sp³-hybridized carbons (Fsp3) is 0.412. The molecule has 1 N–H and O–H groups in total. The first-order valence-corrected chi connectivity index (χ1v) is 9.33. The summed E-state index contributed by atoms with van der Waals surface area (Å²) in [5.41, 5.74) is 1.35. The van der Waals surface area contributed by atoms with Crippen LogP contribution in [0.1, 0.15) is 27.1 Å². The van der Waals surface area contributed by atoms with Crippen molar-refractivity contribution >= 4 is 17.2 Å². The van der Waals surface area contributed by atoms with Crippen LogP contribution in [0.3, 0.4) is 0 Å². The maximum Gasteiger partial charge on any atom is 0.274 e. The summed E-state index contributed by atoms with van der Waals surface area (Å²) in [6.45, 7) is 7.37. The molecule has 4 heterocycles. The first-order chi connectivity index (χ1) is 12.6. The van der Waals surface area contributed by atoms with Crippen LogP contribution >= 0.6 is 11.3 Å². The molecule has 1 saturated heterocycles. The Balaban J connectivity index is 1.35. The summed E-state index contributed by atoms with van der Waals surface area (Å²) in [4.78, 5) is 23.3. The second-order valence-electron chi connectivity index (χ2n) is 6.38. The van der Waals surface area contributed by atoms with Crippen LogP contribution in [0.2, 0.25) is 0 Å². The van der Waals surface area contributed by atoms with E-state index in [1.54, 1.807) is 18.3 Å². The summed E-state index contributed by atoms with van der Waals surface area (Å²) in [7, 11) is 0. The predicted molar refractivity (Wildman–Crippen MR) is 96.9 cm³/mol. The van der Waals surface area contributed by atoms with Crippen LogP contribution in [0, 0.1) is 13.8 Å². The average molecular weight is 372 g/mol. The van der Waals surface area contributed by atoms with Crippen molar-refractivity contribution in [1.29, 1.82) is 0 Å². The molecule has 4 rings (SSSR count). The minimum absolute atomic E-state index is 0.0316. The first kappa shape index (κ1) is 16.9. The summed E-state index contributed by atoms with van der Waals surface area (Å²) in [5, 5.41) is 11.1. The molecule has 1 aliphatic heterocycles. The molecule has 0 bridgehead atoms. The fourth-order valence-electron chi connectivity index (χ4n) is 3.01. The first-order valence-electron chi connectivity index (χ1n) is 8.51. The molecule has 3 aromatic rings. The van der Waals surface area contributed by atoms with E-state index in [4.69, 9.17) is 4.52 Å². The third-order valence-electron chi connectivity index (χ3n) is 4.40. The second-order valence-corrected chi connectivity index (χ2v) is 7.66. The summed E-state index contributed by atoms with van der Waals surface area (Å²) < 4.78 is 5.00. The number of amides is 1. The van der Waals surface area contributed by atoms with Crippen LogP contribution in [-0.4, -0.2) is 62.2 Å². The number of piperazine rings is 1. The molecular formula is C17H20N6O2S. The van der Waals surface area contributed by atoms with Crippen molar-refractivity contribution in [1.82, 2.24) is 30.1 Å². The molecule has 0 unspecified atom stereocenters. The predicted octanol–water partition coefficient (Wildman–Crippen LogP) is 2.10. The number of aryl methyl sites for hydroxylation is 2. The molecule has 1 amide bonds. The van der Waals surface area contributed by atoms with Gasteiger partial charge in [-0.05, 0) is 25.1 Å². The maximum absolute atomic E-state index is 12.7. The Kier molecular flexibility index (Phi) is 4.56. The highest BCUT2D eigenvalue weighted by Gasteiger charge is 2.25. The smallest absolute Gasteiger partial charge is 0.274 e. The molecule has 0 aromatic carbocycles. The minimum Gasteiger partial charge on any atom is -0.340 e. The van der Waals surface area contributed by atoms with Crippen molar-refractivity contribution in [2.75, 3.05) is 26.2 Å². The summed E-state index contributed by atoms with van der Waals surface area (Å²) in [6.07, 6.45) is 0. The lowest BCUT2D eigenvalue weighted by Crippen LogP contribution is -2.48. The van der Waals surface area contributed by atoms with Crippen molar-refractivity contribution < 1.29 is 9.32 Å². The SMILES string of the molecule is Cc1nc(CN2CCN(C(=O)c3cc(-c4ccc(C)s4)[nH]n3)CC2)no1. The van der Waals surface area contributed by atoms with E-state index < -0.39 is 0 Å². The molecule has 0 saturated carbocycles. The van der Waals surface area contributed by atoms with Crippen molar-refractivity contribution in [2.24, 2.45) is 0 Å². The molecule has 0 atom stereocenters. The molecule has 8 nitrogen and oxygen atoms in total. The van der Waals surface area contributed by atoms with E-state index in [1.807, 2.05) is 17.0 Å². The Hall–Kier alpha value is -2.52. The number of carbonyl (C=O) groups excluding carboxylic acids is 1. The monoisotopic (exact) mass is 372 g/mol. The number of nitrogens with one attached hydrogen (secondary N) is 1. The number of hydrogen-bond acceptors (Lipinski definition) is 7. The lowest BCUT2D eigenvalue weighted by Gasteiger charge is -2.33. The number of hydrogen-bond donors (Lipinski definition) is 1. The van der Waals surface area contributed by atoms with Gasteiger partial charge in [0.1, 0.15) is 0 Å². The number of thiophene rings is 1. The molecule has 0 radical (unpaired) electrons. The van der Waals surface area contributed by atoms with Crippen LogP contribution in [0.4, 0.5) is 0 Å². The lowest BCUT2D eigenvalue weighted by atomic mass is 10.2. The van der Waals surface area contributed by atoms with Crippen molar-refractivity contribution in [3.05, 3.63) is 40.5 Å². The molecule has 3 aromatic heterocycles. The quantitative estimate of drug-likeness (QED) is 0.754. The van der Waals surface area contributed by atoms with Gasteiger partial charge in [0.05, 0.1) is 17.1 Å². The van der Waals surface area contributed by atoms with E-state index in [9.17, 15) is 4.79 Å². The van der Waals surface area contributed by atoms with Crippen LogP contribution in [0.25, 0.3) is 10.6 Å². The zero-order chi connectivity index (χ0) is 18.1. The van der Waals surface area contributed by atoms with Crippen molar-refractivity contribution in [3.63, 3.8) is 0 Å². The summed E-state index contributed by atoms with van der Waals surface area (Å²) in [5.74, 6) is 1.23. The molecule has 1 fully saturated rings. The molecule has 0 spiro atoms. The van der Waals surface area contributed by atoms with E-state index in [0.717, 1.165) is 23.7 Å². The van der Waals surface area contributed by atoms with Crippen molar-refractivity contribution in [2.45, 2.75) is 20.4 Å². The Morgan fingerprint density at radius 1 is 1.27 bits per heavy atom. The number of aromatic amines is 1. The van der Waals surface area contributed by atoms with Gasteiger partial charge in [-0.1, -0.05) is 5.16 Å². The van der Waals surface area contributed by atoms with Crippen LogP contribution in [0.5, 0.6) is 0 Å². The third-order valence-corrected chi connectivity index (χ3v) is 5.43. The maximum atomic E-state index is 12.7. The van der Waals surface area contributed by atoms with Gasteiger partial charge in [0.15, 0.2) is 11.5 Å². The van der Waals surface area contributed by atoms with Gasteiger partial charge in [-0.3, -0.25) is 14.8 Å². The Morgan fingerprint density at radius 2 is 2.08 bits per heavy atom. The van der Waals surface area contributed by atoms with Crippen LogP contribution in [0.15, 0.2) is 22.7 Å². The largest absolute Gasteiger partial charge is 0.340 e. The minimum atomic E-state index is -0.0316. The van der Waals surface area contributed by atoms with E-state index in [2.05, 4.69) is 38.2 Å². The second kappa shape index (κ2) is 7.00. The number of carbonyl (C=O) groups is 1. The highest BCUT2D eigenvalue weighted by Crippen LogP contribution is 2.26. The van der Waals surface area contributed by atoms with Gasteiger partial charge in [0.2, 0.25) is 5.89 Å². The molecule has 1 aliphatic rings. The zero-order valence-corrected chi connectivity index (χ0v) is 15.5. The third kappa shape index (κ3) is 3.54. The van der Waals surface area contributed by atoms with Gasteiger partial charge in [-0.25, -0.2) is 0 Å². The van der Waals surface area contributed by atoms with Gasteiger partial charge >= 0.3 is 0 Å².